The average molecular weight is 223 g/mol. The Morgan fingerprint density at radius 2 is 1.25 bits per heavy atom. The van der Waals surface area contributed by atoms with E-state index < -0.39 is 0 Å². The van der Waals surface area contributed by atoms with Crippen molar-refractivity contribution in [3.05, 3.63) is 12.2 Å². The van der Waals surface area contributed by atoms with E-state index in [0.29, 0.717) is 0 Å². The van der Waals surface area contributed by atoms with Crippen LogP contribution in [-0.4, -0.2) is 0 Å². The summed E-state index contributed by atoms with van der Waals surface area (Å²) < 4.78 is 0. The molecule has 0 heteroatoms. The Morgan fingerprint density at radius 1 is 0.688 bits per heavy atom. The summed E-state index contributed by atoms with van der Waals surface area (Å²) in [6, 6.07) is 0. The van der Waals surface area contributed by atoms with Gasteiger partial charge >= 0.3 is 0 Å². The molecular formula is C16H31. The van der Waals surface area contributed by atoms with Gasteiger partial charge in [0.15, 0.2) is 0 Å². The van der Waals surface area contributed by atoms with Crippen molar-refractivity contribution in [2.75, 3.05) is 0 Å². The second-order valence-corrected chi connectivity index (χ2v) is 4.78. The fourth-order valence-electron chi connectivity index (χ4n) is 1.86. The highest BCUT2D eigenvalue weighted by atomic mass is 14.0. The van der Waals surface area contributed by atoms with Crippen molar-refractivity contribution in [2.45, 2.75) is 90.9 Å². The third-order valence-corrected chi connectivity index (χ3v) is 3.02. The van der Waals surface area contributed by atoms with E-state index in [0.717, 1.165) is 6.42 Å². The normalized spacial score (nSPS) is 11.4. The van der Waals surface area contributed by atoms with Crippen LogP contribution < -0.4 is 0 Å². The van der Waals surface area contributed by atoms with Crippen LogP contribution in [0.5, 0.6) is 0 Å². The molecule has 1 radical (unpaired) electrons. The number of allylic oxidation sites excluding steroid dienone is 2. The van der Waals surface area contributed by atoms with Crippen LogP contribution in [0.3, 0.4) is 0 Å². The molecule has 0 atom stereocenters. The first-order chi connectivity index (χ1) is 7.91. The molecule has 0 aromatic carbocycles. The Labute approximate surface area is 104 Å². The second-order valence-electron chi connectivity index (χ2n) is 4.78. The third-order valence-electron chi connectivity index (χ3n) is 3.02. The van der Waals surface area contributed by atoms with Gasteiger partial charge in [-0.3, -0.25) is 0 Å². The zero-order valence-electron chi connectivity index (χ0n) is 11.6. The molecule has 0 rings (SSSR count). The van der Waals surface area contributed by atoms with Gasteiger partial charge in [0.05, 0.1) is 0 Å². The summed E-state index contributed by atoms with van der Waals surface area (Å²) in [5.74, 6) is 0. The molecule has 0 spiro atoms. The molecule has 0 saturated carbocycles. The number of rotatable bonds is 12. The predicted octanol–water partition coefficient (Wildman–Crippen LogP) is 6.07. The molecule has 0 amide bonds. The Hall–Kier alpha value is -0.260. The molecular weight excluding hydrogens is 192 g/mol. The van der Waals surface area contributed by atoms with Gasteiger partial charge in [0, 0.05) is 0 Å². The van der Waals surface area contributed by atoms with Crippen LogP contribution in [0.1, 0.15) is 90.9 Å². The standard InChI is InChI=1S/C16H31/c1-3-5-7-9-11-13-15-16-14-12-10-8-6-4-2/h12H,3-9,11,13-16H2,1-2H3. The molecule has 0 aliphatic heterocycles. The number of hydrogen-bond acceptors (Lipinski definition) is 0. The van der Waals surface area contributed by atoms with E-state index in [-0.39, 0.29) is 0 Å². The lowest BCUT2D eigenvalue weighted by molar-refractivity contribution is 0.577. The van der Waals surface area contributed by atoms with Crippen molar-refractivity contribution < 1.29 is 0 Å². The van der Waals surface area contributed by atoms with Gasteiger partial charge in [0.25, 0.3) is 0 Å². The minimum atomic E-state index is 1.16. The van der Waals surface area contributed by atoms with Gasteiger partial charge in [-0.1, -0.05) is 71.3 Å². The maximum Gasteiger partial charge on any atom is -0.0280 e. The van der Waals surface area contributed by atoms with Gasteiger partial charge in [-0.05, 0) is 31.8 Å². The van der Waals surface area contributed by atoms with E-state index in [2.05, 4.69) is 26.0 Å². The SMILES string of the molecule is CCCC[C]=CCCCCCCCCCC. The maximum absolute atomic E-state index is 3.38. The zero-order chi connectivity index (χ0) is 11.9. The molecule has 95 valence electrons. The molecule has 16 heavy (non-hydrogen) atoms. The monoisotopic (exact) mass is 223 g/mol. The van der Waals surface area contributed by atoms with Crippen LogP contribution in [0.25, 0.3) is 0 Å². The summed E-state index contributed by atoms with van der Waals surface area (Å²) in [7, 11) is 0. The van der Waals surface area contributed by atoms with Crippen molar-refractivity contribution in [1.29, 1.82) is 0 Å². The Bertz CT molecular complexity index is 135. The minimum Gasteiger partial charge on any atom is -0.0811 e. The van der Waals surface area contributed by atoms with Gasteiger partial charge in [-0.15, -0.1) is 0 Å². The fourth-order valence-corrected chi connectivity index (χ4v) is 1.86. The molecule has 0 saturated heterocycles. The average Bonchev–Trinajstić information content (AvgIpc) is 2.31. The second kappa shape index (κ2) is 14.7. The van der Waals surface area contributed by atoms with E-state index in [1.54, 1.807) is 0 Å². The molecule has 0 aromatic heterocycles. The molecule has 0 fully saturated rings. The molecule has 0 nitrogen and oxygen atoms in total. The van der Waals surface area contributed by atoms with E-state index in [4.69, 9.17) is 0 Å². The number of unbranched alkanes of at least 4 members (excludes halogenated alkanes) is 10. The van der Waals surface area contributed by atoms with Gasteiger partial charge in [0.2, 0.25) is 0 Å². The van der Waals surface area contributed by atoms with Crippen LogP contribution >= 0.6 is 0 Å². The molecule has 0 unspecified atom stereocenters. The smallest absolute Gasteiger partial charge is 0.0280 e. The van der Waals surface area contributed by atoms with Crippen molar-refractivity contribution >= 4 is 0 Å². The Morgan fingerprint density at radius 3 is 1.88 bits per heavy atom. The summed E-state index contributed by atoms with van der Waals surface area (Å²) in [4.78, 5) is 0. The summed E-state index contributed by atoms with van der Waals surface area (Å²) >= 11 is 0. The Balaban J connectivity index is 2.95. The minimum absolute atomic E-state index is 1.16. The molecule has 0 aromatic rings. The van der Waals surface area contributed by atoms with Crippen molar-refractivity contribution in [3.8, 4) is 0 Å². The number of hydrogen-bond donors (Lipinski definition) is 0. The lowest BCUT2D eigenvalue weighted by Crippen LogP contribution is -1.80. The zero-order valence-corrected chi connectivity index (χ0v) is 11.6. The fraction of sp³-hybridized carbons (Fsp3) is 0.875. The molecule has 0 heterocycles. The van der Waals surface area contributed by atoms with E-state index in [1.807, 2.05) is 0 Å². The summed E-state index contributed by atoms with van der Waals surface area (Å²) in [5, 5.41) is 0. The van der Waals surface area contributed by atoms with Crippen LogP contribution in [-0.2, 0) is 0 Å². The molecule has 0 N–H and O–H groups in total. The first kappa shape index (κ1) is 15.7. The first-order valence-electron chi connectivity index (χ1n) is 7.46. The maximum atomic E-state index is 3.38. The molecule has 0 aliphatic carbocycles. The van der Waals surface area contributed by atoms with Crippen LogP contribution in [0.2, 0.25) is 0 Å². The van der Waals surface area contributed by atoms with Crippen molar-refractivity contribution in [3.63, 3.8) is 0 Å². The van der Waals surface area contributed by atoms with Crippen LogP contribution in [0, 0.1) is 6.08 Å². The largest absolute Gasteiger partial charge is 0.0811 e. The van der Waals surface area contributed by atoms with E-state index in [1.165, 1.54) is 70.6 Å². The van der Waals surface area contributed by atoms with Crippen LogP contribution in [0.4, 0.5) is 0 Å². The lowest BCUT2D eigenvalue weighted by atomic mass is 10.1. The van der Waals surface area contributed by atoms with Gasteiger partial charge in [0.1, 0.15) is 0 Å². The van der Waals surface area contributed by atoms with E-state index in [9.17, 15) is 0 Å². The third kappa shape index (κ3) is 13.7. The first-order valence-corrected chi connectivity index (χ1v) is 7.46. The van der Waals surface area contributed by atoms with Crippen molar-refractivity contribution in [2.24, 2.45) is 0 Å². The lowest BCUT2D eigenvalue weighted by Gasteiger charge is -1.99. The van der Waals surface area contributed by atoms with Crippen LogP contribution in [0.15, 0.2) is 6.08 Å². The predicted molar refractivity (Wildman–Crippen MR) is 74.6 cm³/mol. The highest BCUT2D eigenvalue weighted by Gasteiger charge is 1.90. The molecule has 0 aliphatic rings. The Kier molecular flexibility index (Phi) is 14.5. The van der Waals surface area contributed by atoms with Gasteiger partial charge in [-0.2, -0.15) is 0 Å². The van der Waals surface area contributed by atoms with E-state index >= 15 is 0 Å². The quantitative estimate of drug-likeness (QED) is 0.352. The summed E-state index contributed by atoms with van der Waals surface area (Å²) in [6.07, 6.45) is 22.0. The molecule has 0 bridgehead atoms. The highest BCUT2D eigenvalue weighted by molar-refractivity contribution is 4.73. The van der Waals surface area contributed by atoms with Gasteiger partial charge < -0.3 is 0 Å². The summed E-state index contributed by atoms with van der Waals surface area (Å²) in [5.41, 5.74) is 0. The highest BCUT2D eigenvalue weighted by Crippen LogP contribution is 2.09. The topological polar surface area (TPSA) is 0 Å². The van der Waals surface area contributed by atoms with Gasteiger partial charge in [-0.25, -0.2) is 0 Å². The van der Waals surface area contributed by atoms with Crippen molar-refractivity contribution in [1.82, 2.24) is 0 Å². The summed E-state index contributed by atoms with van der Waals surface area (Å²) in [6.45, 7) is 4.52.